The van der Waals surface area contributed by atoms with E-state index in [1.807, 2.05) is 43.3 Å². The number of hydrogen-bond donors (Lipinski definition) is 1. The third-order valence-electron chi connectivity index (χ3n) is 5.30. The first-order chi connectivity index (χ1) is 14.0. The van der Waals surface area contributed by atoms with Crippen molar-refractivity contribution in [1.82, 2.24) is 14.8 Å². The van der Waals surface area contributed by atoms with Gasteiger partial charge in [-0.1, -0.05) is 18.2 Å². The number of aryl methyl sites for hydroxylation is 2. The molecule has 1 amide bonds. The maximum atomic E-state index is 12.4. The molecule has 0 radical (unpaired) electrons. The van der Waals surface area contributed by atoms with Gasteiger partial charge in [0.25, 0.3) is 0 Å². The van der Waals surface area contributed by atoms with E-state index in [1.165, 1.54) is 5.56 Å². The van der Waals surface area contributed by atoms with Crippen LogP contribution in [0.15, 0.2) is 46.9 Å². The van der Waals surface area contributed by atoms with E-state index in [-0.39, 0.29) is 5.91 Å². The zero-order chi connectivity index (χ0) is 20.2. The first kappa shape index (κ1) is 19.6. The maximum absolute atomic E-state index is 12.4. The normalized spacial score (nSPS) is 16.1. The predicted molar refractivity (Wildman–Crippen MR) is 115 cm³/mol. The first-order valence-electron chi connectivity index (χ1n) is 10.2. The Kier molecular flexibility index (Phi) is 5.92. The highest BCUT2D eigenvalue weighted by molar-refractivity contribution is 5.92. The Bertz CT molecular complexity index is 997. The molecule has 4 rings (SSSR count). The van der Waals surface area contributed by atoms with Crippen molar-refractivity contribution in [3.63, 3.8) is 0 Å². The number of anilines is 1. The lowest BCUT2D eigenvalue weighted by molar-refractivity contribution is -0.117. The molecule has 1 N–H and O–H groups in total. The van der Waals surface area contributed by atoms with Gasteiger partial charge in [-0.05, 0) is 68.8 Å². The highest BCUT2D eigenvalue weighted by Gasteiger charge is 2.19. The standard InChI is InChI=1S/C23H28N4O2/c1-17-5-3-6-19(13-17)24-22(28)15-26-9-4-10-27(12-11-26)16-23-25-20-8-7-18(2)14-21(20)29-23/h3,5-8,13-14H,4,9-12,15-16H2,1-2H3,(H,24,28). The lowest BCUT2D eigenvalue weighted by Crippen LogP contribution is -2.36. The third kappa shape index (κ3) is 5.22. The first-order valence-corrected chi connectivity index (χ1v) is 10.2. The molecule has 2 heterocycles. The monoisotopic (exact) mass is 392 g/mol. The molecule has 2 aromatic carbocycles. The average Bonchev–Trinajstić information content (AvgIpc) is 2.93. The van der Waals surface area contributed by atoms with Crippen LogP contribution in [-0.2, 0) is 11.3 Å². The van der Waals surface area contributed by atoms with Crippen molar-refractivity contribution in [2.75, 3.05) is 38.0 Å². The number of nitrogens with one attached hydrogen (secondary N) is 1. The molecule has 29 heavy (non-hydrogen) atoms. The Labute approximate surface area is 171 Å². The molecule has 0 aliphatic carbocycles. The van der Waals surface area contributed by atoms with Crippen LogP contribution in [0.4, 0.5) is 5.69 Å². The fourth-order valence-corrected chi connectivity index (χ4v) is 3.81. The van der Waals surface area contributed by atoms with Gasteiger partial charge in [0.15, 0.2) is 5.58 Å². The molecule has 6 nitrogen and oxygen atoms in total. The van der Waals surface area contributed by atoms with Crippen molar-refractivity contribution in [1.29, 1.82) is 0 Å². The van der Waals surface area contributed by atoms with Gasteiger partial charge in [-0.3, -0.25) is 14.6 Å². The van der Waals surface area contributed by atoms with Gasteiger partial charge in [0.1, 0.15) is 5.52 Å². The van der Waals surface area contributed by atoms with E-state index in [1.54, 1.807) is 0 Å². The third-order valence-corrected chi connectivity index (χ3v) is 5.30. The molecule has 1 fully saturated rings. The molecule has 0 atom stereocenters. The number of benzene rings is 2. The second-order valence-corrected chi connectivity index (χ2v) is 7.90. The van der Waals surface area contributed by atoms with Crippen molar-refractivity contribution in [2.24, 2.45) is 0 Å². The van der Waals surface area contributed by atoms with Crippen LogP contribution in [0.1, 0.15) is 23.4 Å². The lowest BCUT2D eigenvalue weighted by Gasteiger charge is -2.20. The highest BCUT2D eigenvalue weighted by atomic mass is 16.3. The lowest BCUT2D eigenvalue weighted by atomic mass is 10.2. The van der Waals surface area contributed by atoms with Gasteiger partial charge in [0, 0.05) is 18.8 Å². The molecule has 0 saturated carbocycles. The molecule has 1 saturated heterocycles. The van der Waals surface area contributed by atoms with E-state index in [4.69, 9.17) is 4.42 Å². The van der Waals surface area contributed by atoms with E-state index in [2.05, 4.69) is 33.1 Å². The van der Waals surface area contributed by atoms with Crippen LogP contribution in [0, 0.1) is 13.8 Å². The number of amides is 1. The van der Waals surface area contributed by atoms with Gasteiger partial charge in [0.05, 0.1) is 13.1 Å². The van der Waals surface area contributed by atoms with Crippen molar-refractivity contribution in [3.05, 3.63) is 59.5 Å². The topological polar surface area (TPSA) is 61.6 Å². The largest absolute Gasteiger partial charge is 0.439 e. The van der Waals surface area contributed by atoms with Crippen LogP contribution in [-0.4, -0.2) is 53.4 Å². The molecule has 3 aromatic rings. The number of hydrogen-bond acceptors (Lipinski definition) is 5. The quantitative estimate of drug-likeness (QED) is 0.719. The van der Waals surface area contributed by atoms with Gasteiger partial charge in [-0.15, -0.1) is 0 Å². The molecule has 152 valence electrons. The van der Waals surface area contributed by atoms with Gasteiger partial charge >= 0.3 is 0 Å². The van der Waals surface area contributed by atoms with Gasteiger partial charge < -0.3 is 9.73 Å². The average molecular weight is 393 g/mol. The number of nitrogens with zero attached hydrogens (tertiary/aromatic N) is 3. The maximum Gasteiger partial charge on any atom is 0.238 e. The van der Waals surface area contributed by atoms with E-state index < -0.39 is 0 Å². The summed E-state index contributed by atoms with van der Waals surface area (Å²) in [6.45, 7) is 8.87. The second kappa shape index (κ2) is 8.76. The summed E-state index contributed by atoms with van der Waals surface area (Å²) in [4.78, 5) is 21.6. The minimum atomic E-state index is 0.0402. The Morgan fingerprint density at radius 2 is 1.83 bits per heavy atom. The molecule has 1 aliphatic rings. The number of carbonyl (C=O) groups is 1. The van der Waals surface area contributed by atoms with Crippen molar-refractivity contribution < 1.29 is 9.21 Å². The van der Waals surface area contributed by atoms with E-state index in [9.17, 15) is 4.79 Å². The summed E-state index contributed by atoms with van der Waals surface area (Å²) in [5.74, 6) is 0.801. The Balaban J connectivity index is 1.30. The molecular formula is C23H28N4O2. The fraction of sp³-hybridized carbons (Fsp3) is 0.391. The molecule has 0 unspecified atom stereocenters. The summed E-state index contributed by atoms with van der Waals surface area (Å²) in [7, 11) is 0. The Morgan fingerprint density at radius 3 is 2.69 bits per heavy atom. The van der Waals surface area contributed by atoms with E-state index in [0.717, 1.165) is 60.8 Å². The summed E-state index contributed by atoms with van der Waals surface area (Å²) >= 11 is 0. The SMILES string of the molecule is Cc1cccc(NC(=O)CN2CCCN(Cc3nc4ccc(C)cc4o3)CC2)c1. The van der Waals surface area contributed by atoms with Crippen molar-refractivity contribution >= 4 is 22.7 Å². The molecular weight excluding hydrogens is 364 g/mol. The van der Waals surface area contributed by atoms with Crippen molar-refractivity contribution in [3.8, 4) is 0 Å². The van der Waals surface area contributed by atoms with Gasteiger partial charge in [-0.25, -0.2) is 4.98 Å². The summed E-state index contributed by atoms with van der Waals surface area (Å²) < 4.78 is 5.93. The number of aromatic nitrogens is 1. The van der Waals surface area contributed by atoms with E-state index >= 15 is 0 Å². The summed E-state index contributed by atoms with van der Waals surface area (Å²) in [5.41, 5.74) is 4.94. The molecule has 1 aromatic heterocycles. The van der Waals surface area contributed by atoms with Crippen LogP contribution in [0.2, 0.25) is 0 Å². The van der Waals surface area contributed by atoms with Gasteiger partial charge in [0.2, 0.25) is 11.8 Å². The zero-order valence-corrected chi connectivity index (χ0v) is 17.1. The molecule has 1 aliphatic heterocycles. The van der Waals surface area contributed by atoms with Crippen LogP contribution in [0.25, 0.3) is 11.1 Å². The van der Waals surface area contributed by atoms with Crippen LogP contribution in [0.3, 0.4) is 0 Å². The summed E-state index contributed by atoms with van der Waals surface area (Å²) in [6, 6.07) is 14.0. The number of fused-ring (bicyclic) bond motifs is 1. The number of rotatable bonds is 5. The Morgan fingerprint density at radius 1 is 1.03 bits per heavy atom. The van der Waals surface area contributed by atoms with Crippen LogP contribution >= 0.6 is 0 Å². The van der Waals surface area contributed by atoms with Crippen LogP contribution in [0.5, 0.6) is 0 Å². The fourth-order valence-electron chi connectivity index (χ4n) is 3.81. The predicted octanol–water partition coefficient (Wildman–Crippen LogP) is 3.59. The minimum absolute atomic E-state index is 0.0402. The second-order valence-electron chi connectivity index (χ2n) is 7.90. The highest BCUT2D eigenvalue weighted by Crippen LogP contribution is 2.18. The Hall–Kier alpha value is -2.70. The van der Waals surface area contributed by atoms with Gasteiger partial charge in [-0.2, -0.15) is 0 Å². The number of oxazole rings is 1. The molecule has 6 heteroatoms. The zero-order valence-electron chi connectivity index (χ0n) is 17.1. The minimum Gasteiger partial charge on any atom is -0.439 e. The van der Waals surface area contributed by atoms with E-state index in [0.29, 0.717) is 13.1 Å². The smallest absolute Gasteiger partial charge is 0.238 e. The molecule has 0 spiro atoms. The van der Waals surface area contributed by atoms with Crippen molar-refractivity contribution in [2.45, 2.75) is 26.8 Å². The molecule has 0 bridgehead atoms. The summed E-state index contributed by atoms with van der Waals surface area (Å²) in [5, 5.41) is 3.00. The van der Waals surface area contributed by atoms with Crippen LogP contribution < -0.4 is 5.32 Å². The summed E-state index contributed by atoms with van der Waals surface area (Å²) in [6.07, 6.45) is 1.02. The number of carbonyl (C=O) groups excluding carboxylic acids is 1.